The van der Waals surface area contributed by atoms with Crippen molar-refractivity contribution in [1.29, 1.82) is 0 Å². The SMILES string of the molecule is CC(C)C(=O)OOC(=O)c1ccccc1.O=C(OOC(=O)c1ccsc1)c1ccsc1. The zero-order valence-electron chi connectivity index (χ0n) is 16.5. The van der Waals surface area contributed by atoms with Crippen molar-refractivity contribution in [1.82, 2.24) is 0 Å². The van der Waals surface area contributed by atoms with Crippen LogP contribution in [-0.2, 0) is 24.3 Å². The summed E-state index contributed by atoms with van der Waals surface area (Å²) in [5, 5.41) is 6.69. The maximum atomic E-state index is 11.3. The van der Waals surface area contributed by atoms with Crippen molar-refractivity contribution in [2.24, 2.45) is 5.92 Å². The maximum absolute atomic E-state index is 11.3. The van der Waals surface area contributed by atoms with E-state index in [0.717, 1.165) is 0 Å². The van der Waals surface area contributed by atoms with E-state index in [4.69, 9.17) is 0 Å². The van der Waals surface area contributed by atoms with Crippen LogP contribution in [0, 0.1) is 5.92 Å². The topological polar surface area (TPSA) is 105 Å². The standard InChI is InChI=1S/C11H12O4.C10H6O4S2/c1-8(2)10(12)14-15-11(13)9-6-4-3-5-7-9;11-9(7-1-3-15-5-7)13-14-10(12)8-2-4-16-6-8/h3-8H,1-2H3;1-6H. The predicted octanol–water partition coefficient (Wildman–Crippen LogP) is 4.70. The van der Waals surface area contributed by atoms with Gasteiger partial charge in [0.05, 0.1) is 22.6 Å². The molecule has 8 nitrogen and oxygen atoms in total. The number of carbonyl (C=O) groups excluding carboxylic acids is 4. The molecule has 0 aliphatic rings. The molecule has 0 spiro atoms. The van der Waals surface area contributed by atoms with Crippen LogP contribution in [0.4, 0.5) is 0 Å². The van der Waals surface area contributed by atoms with Crippen molar-refractivity contribution in [3.05, 3.63) is 80.7 Å². The summed E-state index contributed by atoms with van der Waals surface area (Å²) in [5.41, 5.74) is 1.07. The van der Waals surface area contributed by atoms with Crippen molar-refractivity contribution < 1.29 is 38.7 Å². The first-order valence-electron chi connectivity index (χ1n) is 8.83. The molecule has 3 aromatic rings. The van der Waals surface area contributed by atoms with Crippen LogP contribution in [0.1, 0.15) is 44.9 Å². The van der Waals surface area contributed by atoms with E-state index in [2.05, 4.69) is 19.6 Å². The van der Waals surface area contributed by atoms with E-state index in [-0.39, 0.29) is 5.92 Å². The van der Waals surface area contributed by atoms with Gasteiger partial charge in [0.15, 0.2) is 0 Å². The van der Waals surface area contributed by atoms with Crippen LogP contribution < -0.4 is 0 Å². The molecule has 0 aliphatic heterocycles. The quantitative estimate of drug-likeness (QED) is 0.406. The van der Waals surface area contributed by atoms with Gasteiger partial charge in [-0.15, -0.1) is 0 Å². The molecule has 0 bridgehead atoms. The molecule has 3 rings (SSSR count). The highest BCUT2D eigenvalue weighted by atomic mass is 32.1. The van der Waals surface area contributed by atoms with E-state index in [9.17, 15) is 19.2 Å². The normalized spacial score (nSPS) is 9.77. The van der Waals surface area contributed by atoms with Crippen LogP contribution in [0.3, 0.4) is 0 Å². The monoisotopic (exact) mass is 462 g/mol. The lowest BCUT2D eigenvalue weighted by molar-refractivity contribution is -0.237. The van der Waals surface area contributed by atoms with Gasteiger partial charge >= 0.3 is 23.9 Å². The summed E-state index contributed by atoms with van der Waals surface area (Å²) in [6, 6.07) is 11.5. The van der Waals surface area contributed by atoms with E-state index in [1.54, 1.807) is 77.8 Å². The third-order valence-corrected chi connectivity index (χ3v) is 4.75. The molecule has 0 fully saturated rings. The van der Waals surface area contributed by atoms with Gasteiger partial charge in [0, 0.05) is 10.8 Å². The van der Waals surface area contributed by atoms with Crippen molar-refractivity contribution >= 4 is 46.6 Å². The summed E-state index contributed by atoms with van der Waals surface area (Å²) in [4.78, 5) is 62.3. The van der Waals surface area contributed by atoms with Gasteiger partial charge in [0.25, 0.3) is 0 Å². The second-order valence-corrected chi connectivity index (χ2v) is 7.62. The van der Waals surface area contributed by atoms with Gasteiger partial charge < -0.3 is 0 Å². The number of rotatable bonds is 4. The average Bonchev–Trinajstić information content (AvgIpc) is 3.50. The Balaban J connectivity index is 0.000000221. The van der Waals surface area contributed by atoms with E-state index in [1.165, 1.54) is 22.7 Å². The smallest absolute Gasteiger partial charge is 0.247 e. The molecule has 0 radical (unpaired) electrons. The summed E-state index contributed by atoms with van der Waals surface area (Å²) in [5.74, 6) is -2.92. The van der Waals surface area contributed by atoms with Crippen LogP contribution in [0.2, 0.25) is 0 Å². The van der Waals surface area contributed by atoms with Gasteiger partial charge in [-0.05, 0) is 35.0 Å². The highest BCUT2D eigenvalue weighted by Gasteiger charge is 2.15. The molecular weight excluding hydrogens is 444 g/mol. The lowest BCUT2D eigenvalue weighted by Crippen LogP contribution is -2.15. The van der Waals surface area contributed by atoms with E-state index in [0.29, 0.717) is 16.7 Å². The minimum Gasteiger partial charge on any atom is -0.247 e. The first kappa shape index (κ1) is 23.8. The Morgan fingerprint density at radius 2 is 1.10 bits per heavy atom. The van der Waals surface area contributed by atoms with Crippen molar-refractivity contribution in [3.63, 3.8) is 0 Å². The van der Waals surface area contributed by atoms with Crippen LogP contribution >= 0.6 is 22.7 Å². The molecule has 162 valence electrons. The molecule has 31 heavy (non-hydrogen) atoms. The minimum absolute atomic E-state index is 0.325. The molecule has 0 aliphatic carbocycles. The van der Waals surface area contributed by atoms with Gasteiger partial charge in [0.2, 0.25) is 0 Å². The zero-order chi connectivity index (χ0) is 22.6. The van der Waals surface area contributed by atoms with E-state index < -0.39 is 23.9 Å². The Kier molecular flexibility index (Phi) is 9.40. The molecule has 0 atom stereocenters. The summed E-state index contributed by atoms with van der Waals surface area (Å²) in [6.07, 6.45) is 0. The number of hydrogen-bond donors (Lipinski definition) is 0. The Bertz CT molecular complexity index is 934. The summed E-state index contributed by atoms with van der Waals surface area (Å²) < 4.78 is 0. The second kappa shape index (κ2) is 12.3. The van der Waals surface area contributed by atoms with Crippen LogP contribution in [-0.4, -0.2) is 23.9 Å². The predicted molar refractivity (Wildman–Crippen MR) is 112 cm³/mol. The number of hydrogen-bond acceptors (Lipinski definition) is 10. The average molecular weight is 463 g/mol. The van der Waals surface area contributed by atoms with E-state index in [1.807, 2.05) is 0 Å². The summed E-state index contributed by atoms with van der Waals surface area (Å²) >= 11 is 2.72. The molecule has 1 aromatic carbocycles. The molecule has 0 N–H and O–H groups in total. The molecule has 0 amide bonds. The molecule has 0 unspecified atom stereocenters. The highest BCUT2D eigenvalue weighted by Crippen LogP contribution is 2.10. The highest BCUT2D eigenvalue weighted by molar-refractivity contribution is 7.08. The largest absolute Gasteiger partial charge is 0.387 e. The van der Waals surface area contributed by atoms with Gasteiger partial charge in [0.1, 0.15) is 0 Å². The molecule has 0 saturated heterocycles. The number of thiophene rings is 2. The molecular formula is C21H18O8S2. The van der Waals surface area contributed by atoms with Crippen LogP contribution in [0.5, 0.6) is 0 Å². The van der Waals surface area contributed by atoms with Crippen molar-refractivity contribution in [2.75, 3.05) is 0 Å². The van der Waals surface area contributed by atoms with Gasteiger partial charge in [-0.1, -0.05) is 32.0 Å². The minimum atomic E-state index is -0.676. The van der Waals surface area contributed by atoms with Gasteiger partial charge in [-0.3, -0.25) is 0 Å². The fraction of sp³-hybridized carbons (Fsp3) is 0.143. The first-order valence-corrected chi connectivity index (χ1v) is 10.7. The number of carbonyl (C=O) groups is 4. The lowest BCUT2D eigenvalue weighted by atomic mass is 10.2. The van der Waals surface area contributed by atoms with Gasteiger partial charge in [-0.2, -0.15) is 22.7 Å². The number of benzene rings is 1. The second-order valence-electron chi connectivity index (χ2n) is 6.06. The summed E-state index contributed by atoms with van der Waals surface area (Å²) in [7, 11) is 0. The Morgan fingerprint density at radius 3 is 1.52 bits per heavy atom. The maximum Gasteiger partial charge on any atom is 0.387 e. The van der Waals surface area contributed by atoms with Crippen LogP contribution in [0.15, 0.2) is 64.0 Å². The lowest BCUT2D eigenvalue weighted by Gasteiger charge is -2.04. The molecule has 2 aromatic heterocycles. The Labute approximate surface area is 185 Å². The van der Waals surface area contributed by atoms with E-state index >= 15 is 0 Å². The Morgan fingerprint density at radius 1 is 0.645 bits per heavy atom. The third-order valence-electron chi connectivity index (χ3n) is 3.39. The molecule has 2 heterocycles. The van der Waals surface area contributed by atoms with Crippen molar-refractivity contribution in [3.8, 4) is 0 Å². The Hall–Kier alpha value is -3.50. The zero-order valence-corrected chi connectivity index (χ0v) is 18.1. The van der Waals surface area contributed by atoms with Gasteiger partial charge in [-0.25, -0.2) is 38.7 Å². The fourth-order valence-corrected chi connectivity index (χ4v) is 2.98. The molecule has 0 saturated carbocycles. The third kappa shape index (κ3) is 8.03. The van der Waals surface area contributed by atoms with Crippen LogP contribution in [0.25, 0.3) is 0 Å². The fourth-order valence-electron chi connectivity index (χ4n) is 1.73. The summed E-state index contributed by atoms with van der Waals surface area (Å²) in [6.45, 7) is 3.30. The molecule has 10 heteroatoms. The first-order chi connectivity index (χ1) is 14.9. The van der Waals surface area contributed by atoms with Crippen molar-refractivity contribution in [2.45, 2.75) is 13.8 Å².